The molecule has 7 heteroatoms. The normalized spacial score (nSPS) is 20.5. The van der Waals surface area contributed by atoms with Crippen LogP contribution in [0.15, 0.2) is 30.3 Å². The quantitative estimate of drug-likeness (QED) is 0.843. The summed E-state index contributed by atoms with van der Waals surface area (Å²) in [5, 5.41) is 2.72. The summed E-state index contributed by atoms with van der Waals surface area (Å²) in [4.78, 5) is 39.8. The second-order valence-corrected chi connectivity index (χ2v) is 6.63. The van der Waals surface area contributed by atoms with Gasteiger partial charge in [0.25, 0.3) is 0 Å². The molecule has 0 radical (unpaired) electrons. The van der Waals surface area contributed by atoms with Crippen molar-refractivity contribution in [1.82, 2.24) is 15.1 Å². The fraction of sp³-hybridized carbons (Fsp3) is 0.526. The maximum atomic E-state index is 12.5. The molecule has 2 fully saturated rings. The number of benzene rings is 1. The van der Waals surface area contributed by atoms with E-state index in [0.29, 0.717) is 52.0 Å². The molecule has 1 unspecified atom stereocenters. The van der Waals surface area contributed by atoms with Crippen molar-refractivity contribution in [3.05, 3.63) is 30.3 Å². The maximum absolute atomic E-state index is 12.5. The number of carbonyl (C=O) groups is 3. The molecule has 26 heavy (non-hydrogen) atoms. The SMILES string of the molecule is O=C1CCC(C(=O)N2CCCN(C(=O)CCOc3ccccc3)CC2)N1. The number of nitrogens with zero attached hydrogens (tertiary/aromatic N) is 2. The zero-order valence-electron chi connectivity index (χ0n) is 14.9. The molecule has 7 nitrogen and oxygen atoms in total. The van der Waals surface area contributed by atoms with Crippen molar-refractivity contribution in [1.29, 1.82) is 0 Å². The Kier molecular flexibility index (Phi) is 6.09. The van der Waals surface area contributed by atoms with Crippen LogP contribution in [0.1, 0.15) is 25.7 Å². The van der Waals surface area contributed by atoms with Crippen LogP contribution < -0.4 is 10.1 Å². The van der Waals surface area contributed by atoms with E-state index in [1.54, 1.807) is 9.80 Å². The number of hydrogen-bond donors (Lipinski definition) is 1. The van der Waals surface area contributed by atoms with Gasteiger partial charge in [-0.25, -0.2) is 0 Å². The van der Waals surface area contributed by atoms with Crippen molar-refractivity contribution in [2.24, 2.45) is 0 Å². The highest BCUT2D eigenvalue weighted by Crippen LogP contribution is 2.13. The van der Waals surface area contributed by atoms with E-state index >= 15 is 0 Å². The molecule has 2 saturated heterocycles. The molecule has 2 aliphatic heterocycles. The highest BCUT2D eigenvalue weighted by molar-refractivity contribution is 5.90. The molecular formula is C19H25N3O4. The number of carbonyl (C=O) groups excluding carboxylic acids is 3. The van der Waals surface area contributed by atoms with Crippen LogP contribution in [0.4, 0.5) is 0 Å². The molecule has 1 aromatic carbocycles. The monoisotopic (exact) mass is 359 g/mol. The molecule has 2 aliphatic rings. The number of nitrogens with one attached hydrogen (secondary N) is 1. The van der Waals surface area contributed by atoms with Crippen LogP contribution in [-0.2, 0) is 14.4 Å². The van der Waals surface area contributed by atoms with Crippen molar-refractivity contribution >= 4 is 17.7 Å². The lowest BCUT2D eigenvalue weighted by atomic mass is 10.2. The summed E-state index contributed by atoms with van der Waals surface area (Å²) in [5.41, 5.74) is 0. The Hall–Kier alpha value is -2.57. The number of para-hydroxylation sites is 1. The van der Waals surface area contributed by atoms with Crippen molar-refractivity contribution in [2.75, 3.05) is 32.8 Å². The predicted molar refractivity (Wildman–Crippen MR) is 95.5 cm³/mol. The maximum Gasteiger partial charge on any atom is 0.245 e. The molecule has 1 N–H and O–H groups in total. The van der Waals surface area contributed by atoms with Gasteiger partial charge in [0, 0.05) is 32.6 Å². The highest BCUT2D eigenvalue weighted by Gasteiger charge is 2.31. The van der Waals surface area contributed by atoms with E-state index in [4.69, 9.17) is 4.74 Å². The first-order valence-corrected chi connectivity index (χ1v) is 9.17. The van der Waals surface area contributed by atoms with E-state index in [1.807, 2.05) is 30.3 Å². The van der Waals surface area contributed by atoms with Gasteiger partial charge in [-0.05, 0) is 25.0 Å². The number of amides is 3. The Morgan fingerprint density at radius 1 is 1.08 bits per heavy atom. The molecule has 0 saturated carbocycles. The second kappa shape index (κ2) is 8.69. The zero-order chi connectivity index (χ0) is 18.4. The summed E-state index contributed by atoms with van der Waals surface area (Å²) in [6.45, 7) is 2.64. The van der Waals surface area contributed by atoms with Gasteiger partial charge in [-0.1, -0.05) is 18.2 Å². The smallest absolute Gasteiger partial charge is 0.245 e. The van der Waals surface area contributed by atoms with Crippen LogP contribution in [0.25, 0.3) is 0 Å². The van der Waals surface area contributed by atoms with Crippen LogP contribution in [-0.4, -0.2) is 66.3 Å². The molecule has 3 rings (SSSR count). The fourth-order valence-corrected chi connectivity index (χ4v) is 3.34. The summed E-state index contributed by atoms with van der Waals surface area (Å²) in [6.07, 6.45) is 2.04. The summed E-state index contributed by atoms with van der Waals surface area (Å²) in [6, 6.07) is 9.03. The van der Waals surface area contributed by atoms with Gasteiger partial charge in [0.1, 0.15) is 11.8 Å². The molecule has 2 heterocycles. The largest absolute Gasteiger partial charge is 0.493 e. The van der Waals surface area contributed by atoms with Gasteiger partial charge in [0.15, 0.2) is 0 Å². The van der Waals surface area contributed by atoms with Crippen molar-refractivity contribution in [2.45, 2.75) is 31.7 Å². The minimum absolute atomic E-state index is 0.0300. The topological polar surface area (TPSA) is 79.0 Å². The van der Waals surface area contributed by atoms with Gasteiger partial charge in [-0.2, -0.15) is 0 Å². The summed E-state index contributed by atoms with van der Waals surface area (Å²) >= 11 is 0. The molecular weight excluding hydrogens is 334 g/mol. The van der Waals surface area contributed by atoms with Crippen LogP contribution in [0.3, 0.4) is 0 Å². The Labute approximate surface area is 153 Å². The van der Waals surface area contributed by atoms with Gasteiger partial charge >= 0.3 is 0 Å². The minimum atomic E-state index is -0.399. The summed E-state index contributed by atoms with van der Waals surface area (Å²) in [7, 11) is 0. The molecule has 0 spiro atoms. The molecule has 0 aliphatic carbocycles. The predicted octanol–water partition coefficient (Wildman–Crippen LogP) is 0.795. The van der Waals surface area contributed by atoms with Crippen LogP contribution in [0, 0.1) is 0 Å². The van der Waals surface area contributed by atoms with Gasteiger partial charge < -0.3 is 19.9 Å². The Morgan fingerprint density at radius 2 is 1.81 bits per heavy atom. The molecule has 0 bridgehead atoms. The lowest BCUT2D eigenvalue weighted by Crippen LogP contribution is -2.46. The Bertz CT molecular complexity index is 649. The molecule has 1 aromatic rings. The molecule has 1 atom stereocenters. The Balaban J connectivity index is 1.43. The lowest BCUT2D eigenvalue weighted by Gasteiger charge is -2.24. The standard InChI is InChI=1S/C19H25N3O4/c23-17-8-7-16(20-17)19(25)22-11-4-10-21(12-13-22)18(24)9-14-26-15-5-2-1-3-6-15/h1-3,5-6,16H,4,7-14H2,(H,20,23). The van der Waals surface area contributed by atoms with Crippen LogP contribution in [0.2, 0.25) is 0 Å². The minimum Gasteiger partial charge on any atom is -0.493 e. The first-order chi connectivity index (χ1) is 12.6. The van der Waals surface area contributed by atoms with Gasteiger partial charge in [-0.3, -0.25) is 14.4 Å². The van der Waals surface area contributed by atoms with Gasteiger partial charge in [0.2, 0.25) is 17.7 Å². The third kappa shape index (κ3) is 4.74. The molecule has 3 amide bonds. The van der Waals surface area contributed by atoms with Crippen molar-refractivity contribution in [3.8, 4) is 5.75 Å². The number of ether oxygens (including phenoxy) is 1. The first kappa shape index (κ1) is 18.2. The third-order valence-electron chi connectivity index (χ3n) is 4.78. The fourth-order valence-electron chi connectivity index (χ4n) is 3.34. The van der Waals surface area contributed by atoms with E-state index < -0.39 is 6.04 Å². The van der Waals surface area contributed by atoms with Gasteiger partial charge in [-0.15, -0.1) is 0 Å². The van der Waals surface area contributed by atoms with Gasteiger partial charge in [0.05, 0.1) is 13.0 Å². The first-order valence-electron chi connectivity index (χ1n) is 9.17. The molecule has 140 valence electrons. The second-order valence-electron chi connectivity index (χ2n) is 6.63. The summed E-state index contributed by atoms with van der Waals surface area (Å²) < 4.78 is 5.58. The number of hydrogen-bond acceptors (Lipinski definition) is 4. The Morgan fingerprint density at radius 3 is 2.54 bits per heavy atom. The average molecular weight is 359 g/mol. The van der Waals surface area contributed by atoms with Crippen molar-refractivity contribution in [3.63, 3.8) is 0 Å². The lowest BCUT2D eigenvalue weighted by molar-refractivity contribution is -0.135. The zero-order valence-corrected chi connectivity index (χ0v) is 14.9. The average Bonchev–Trinajstić information content (AvgIpc) is 2.94. The van der Waals surface area contributed by atoms with E-state index in [-0.39, 0.29) is 17.7 Å². The van der Waals surface area contributed by atoms with E-state index in [0.717, 1.165) is 12.2 Å². The van der Waals surface area contributed by atoms with Crippen LogP contribution in [0.5, 0.6) is 5.75 Å². The van der Waals surface area contributed by atoms with Crippen molar-refractivity contribution < 1.29 is 19.1 Å². The summed E-state index contributed by atoms with van der Waals surface area (Å²) in [5.74, 6) is 0.710. The molecule has 0 aromatic heterocycles. The third-order valence-corrected chi connectivity index (χ3v) is 4.78. The van der Waals surface area contributed by atoms with E-state index in [1.165, 1.54) is 0 Å². The number of rotatable bonds is 5. The highest BCUT2D eigenvalue weighted by atomic mass is 16.5. The van der Waals surface area contributed by atoms with Crippen LogP contribution >= 0.6 is 0 Å². The van der Waals surface area contributed by atoms with E-state index in [2.05, 4.69) is 5.32 Å². The van der Waals surface area contributed by atoms with E-state index in [9.17, 15) is 14.4 Å².